The van der Waals surface area contributed by atoms with Gasteiger partial charge < -0.3 is 15.0 Å². The van der Waals surface area contributed by atoms with Crippen LogP contribution in [0.1, 0.15) is 5.69 Å². The van der Waals surface area contributed by atoms with E-state index in [1.165, 1.54) is 4.90 Å². The van der Waals surface area contributed by atoms with Crippen molar-refractivity contribution < 1.29 is 9.64 Å². The number of hydrogen-bond donors (Lipinski definition) is 2. The molecule has 0 aliphatic carbocycles. The standard InChI is InChI=1S/C16H22N4O2/c1-13-15(17-12-19-8-10-22-11-9-19)16(21)20(18(13)2)14-6-4-3-5-7-14/h3-7,17H,8-12H2,1-2H3/p+1. The molecule has 2 N–H and O–H groups in total. The van der Waals surface area contributed by atoms with Crippen molar-refractivity contribution >= 4 is 5.69 Å². The van der Waals surface area contributed by atoms with Gasteiger partial charge in [-0.05, 0) is 19.1 Å². The summed E-state index contributed by atoms with van der Waals surface area (Å²) in [5.74, 6) is 0. The van der Waals surface area contributed by atoms with E-state index in [0.717, 1.165) is 44.4 Å². The number of nitrogens with zero attached hydrogens (tertiary/aromatic N) is 2. The average molecular weight is 303 g/mol. The third kappa shape index (κ3) is 2.80. The van der Waals surface area contributed by atoms with Crippen LogP contribution in [0.2, 0.25) is 0 Å². The van der Waals surface area contributed by atoms with E-state index in [9.17, 15) is 4.79 Å². The minimum absolute atomic E-state index is 0.00106. The van der Waals surface area contributed by atoms with Crippen molar-refractivity contribution in [2.24, 2.45) is 7.05 Å². The van der Waals surface area contributed by atoms with Crippen molar-refractivity contribution in [3.63, 3.8) is 0 Å². The predicted octanol–water partition coefficient (Wildman–Crippen LogP) is -0.231. The lowest BCUT2D eigenvalue weighted by atomic mass is 10.3. The van der Waals surface area contributed by atoms with Gasteiger partial charge in [-0.1, -0.05) is 18.2 Å². The largest absolute Gasteiger partial charge is 0.370 e. The number of morpholine rings is 1. The molecule has 1 saturated heterocycles. The highest BCUT2D eigenvalue weighted by Gasteiger charge is 2.18. The number of aromatic nitrogens is 2. The third-order valence-corrected chi connectivity index (χ3v) is 4.27. The molecule has 0 radical (unpaired) electrons. The lowest BCUT2D eigenvalue weighted by molar-refractivity contribution is -0.904. The second-order valence-electron chi connectivity index (χ2n) is 5.65. The van der Waals surface area contributed by atoms with Crippen LogP contribution >= 0.6 is 0 Å². The first kappa shape index (κ1) is 14.9. The molecule has 0 unspecified atom stereocenters. The monoisotopic (exact) mass is 303 g/mol. The first-order valence-corrected chi connectivity index (χ1v) is 7.67. The van der Waals surface area contributed by atoms with Crippen molar-refractivity contribution in [3.05, 3.63) is 46.4 Å². The summed E-state index contributed by atoms with van der Waals surface area (Å²) < 4.78 is 8.96. The van der Waals surface area contributed by atoms with E-state index < -0.39 is 0 Å². The van der Waals surface area contributed by atoms with E-state index in [4.69, 9.17) is 4.74 Å². The SMILES string of the molecule is Cc1c(NC[NH+]2CCOCC2)c(=O)n(-c2ccccc2)n1C. The molecule has 2 heterocycles. The number of rotatable bonds is 4. The number of anilines is 1. The minimum atomic E-state index is -0.00106. The first-order valence-electron chi connectivity index (χ1n) is 7.67. The van der Waals surface area contributed by atoms with Crippen LogP contribution in [0.4, 0.5) is 5.69 Å². The number of quaternary nitrogens is 1. The van der Waals surface area contributed by atoms with Gasteiger partial charge in [-0.15, -0.1) is 0 Å². The molecule has 3 rings (SSSR count). The molecule has 0 amide bonds. The number of nitrogens with one attached hydrogen (secondary N) is 2. The Bertz CT molecular complexity index is 684. The number of ether oxygens (including phenoxy) is 1. The lowest BCUT2D eigenvalue weighted by Crippen LogP contribution is -3.15. The number of para-hydroxylation sites is 1. The van der Waals surface area contributed by atoms with Crippen LogP contribution in [0.5, 0.6) is 0 Å². The molecule has 0 bridgehead atoms. The second kappa shape index (κ2) is 6.37. The average Bonchev–Trinajstić information content (AvgIpc) is 2.77. The summed E-state index contributed by atoms with van der Waals surface area (Å²) >= 11 is 0. The van der Waals surface area contributed by atoms with Crippen LogP contribution in [-0.4, -0.2) is 42.3 Å². The smallest absolute Gasteiger partial charge is 0.295 e. The van der Waals surface area contributed by atoms with Gasteiger partial charge in [-0.3, -0.25) is 9.48 Å². The fraction of sp³-hybridized carbons (Fsp3) is 0.438. The molecule has 118 valence electrons. The van der Waals surface area contributed by atoms with E-state index in [2.05, 4.69) is 5.32 Å². The highest BCUT2D eigenvalue weighted by Crippen LogP contribution is 2.13. The Labute approximate surface area is 129 Å². The Kier molecular flexibility index (Phi) is 4.31. The second-order valence-corrected chi connectivity index (χ2v) is 5.65. The van der Waals surface area contributed by atoms with Crippen LogP contribution in [0.3, 0.4) is 0 Å². The van der Waals surface area contributed by atoms with Crippen molar-refractivity contribution in [1.82, 2.24) is 9.36 Å². The summed E-state index contributed by atoms with van der Waals surface area (Å²) in [6.07, 6.45) is 0. The molecule has 0 spiro atoms. The highest BCUT2D eigenvalue weighted by molar-refractivity contribution is 5.48. The normalized spacial score (nSPS) is 15.9. The van der Waals surface area contributed by atoms with Crippen molar-refractivity contribution in [3.8, 4) is 5.69 Å². The maximum Gasteiger partial charge on any atom is 0.295 e. The molecule has 0 atom stereocenters. The molecule has 2 aromatic rings. The Morgan fingerprint density at radius 3 is 2.59 bits per heavy atom. The topological polar surface area (TPSA) is 52.6 Å². The highest BCUT2D eigenvalue weighted by atomic mass is 16.5. The molecule has 1 fully saturated rings. The Balaban J connectivity index is 1.85. The van der Waals surface area contributed by atoms with Gasteiger partial charge in [-0.25, -0.2) is 4.68 Å². The van der Waals surface area contributed by atoms with Gasteiger partial charge in [0.2, 0.25) is 0 Å². The van der Waals surface area contributed by atoms with Gasteiger partial charge >= 0.3 is 0 Å². The molecule has 1 aromatic heterocycles. The first-order chi connectivity index (χ1) is 10.7. The van der Waals surface area contributed by atoms with Crippen LogP contribution in [0, 0.1) is 6.92 Å². The fourth-order valence-corrected chi connectivity index (χ4v) is 2.82. The fourth-order valence-electron chi connectivity index (χ4n) is 2.82. The molecular weight excluding hydrogens is 280 g/mol. The summed E-state index contributed by atoms with van der Waals surface area (Å²) in [6.45, 7) is 6.26. The van der Waals surface area contributed by atoms with Crippen molar-refractivity contribution in [2.45, 2.75) is 6.92 Å². The molecular formula is C16H23N4O2+. The molecule has 6 nitrogen and oxygen atoms in total. The van der Waals surface area contributed by atoms with Gasteiger partial charge in [0.25, 0.3) is 5.56 Å². The summed E-state index contributed by atoms with van der Waals surface area (Å²) in [5, 5.41) is 3.34. The summed E-state index contributed by atoms with van der Waals surface area (Å²) in [5.41, 5.74) is 2.51. The van der Waals surface area contributed by atoms with Crippen LogP contribution in [0.25, 0.3) is 5.69 Å². The summed E-state index contributed by atoms with van der Waals surface area (Å²) in [7, 11) is 1.91. The molecule has 0 saturated carbocycles. The van der Waals surface area contributed by atoms with Crippen molar-refractivity contribution in [1.29, 1.82) is 0 Å². The van der Waals surface area contributed by atoms with Crippen LogP contribution < -0.4 is 15.8 Å². The van der Waals surface area contributed by atoms with Crippen molar-refractivity contribution in [2.75, 3.05) is 38.3 Å². The quantitative estimate of drug-likeness (QED) is 0.820. The molecule has 22 heavy (non-hydrogen) atoms. The predicted molar refractivity (Wildman–Crippen MR) is 85.8 cm³/mol. The van der Waals surface area contributed by atoms with E-state index in [1.807, 2.05) is 49.0 Å². The van der Waals surface area contributed by atoms with Gasteiger partial charge in [0.05, 0.1) is 24.6 Å². The Hall–Kier alpha value is -2.05. The summed E-state index contributed by atoms with van der Waals surface area (Å²) in [6, 6.07) is 9.71. The Morgan fingerprint density at radius 1 is 1.23 bits per heavy atom. The van der Waals surface area contributed by atoms with Gasteiger partial charge in [0, 0.05) is 7.05 Å². The Morgan fingerprint density at radius 2 is 1.91 bits per heavy atom. The van der Waals surface area contributed by atoms with Crippen LogP contribution in [-0.2, 0) is 11.8 Å². The number of hydrogen-bond acceptors (Lipinski definition) is 3. The lowest BCUT2D eigenvalue weighted by Gasteiger charge is -2.23. The van der Waals surface area contributed by atoms with E-state index in [1.54, 1.807) is 4.68 Å². The zero-order valence-electron chi connectivity index (χ0n) is 13.1. The van der Waals surface area contributed by atoms with Gasteiger partial charge in [0.1, 0.15) is 18.8 Å². The van der Waals surface area contributed by atoms with E-state index in [-0.39, 0.29) is 5.56 Å². The molecule has 6 heteroatoms. The molecule has 1 aliphatic rings. The molecule has 1 aliphatic heterocycles. The third-order valence-electron chi connectivity index (χ3n) is 4.27. The maximum atomic E-state index is 12.7. The van der Waals surface area contributed by atoms with Gasteiger partial charge in [-0.2, -0.15) is 0 Å². The molecule has 1 aromatic carbocycles. The van der Waals surface area contributed by atoms with E-state index in [0.29, 0.717) is 5.69 Å². The number of benzene rings is 1. The van der Waals surface area contributed by atoms with E-state index >= 15 is 0 Å². The zero-order chi connectivity index (χ0) is 15.5. The minimum Gasteiger partial charge on any atom is -0.370 e. The maximum absolute atomic E-state index is 12.7. The summed E-state index contributed by atoms with van der Waals surface area (Å²) in [4.78, 5) is 14.1. The zero-order valence-corrected chi connectivity index (χ0v) is 13.1. The van der Waals surface area contributed by atoms with Gasteiger partial charge in [0.15, 0.2) is 6.67 Å². The van der Waals surface area contributed by atoms with Crippen LogP contribution in [0.15, 0.2) is 35.1 Å².